The number of hydrogen-bond donors (Lipinski definition) is 1. The highest BCUT2D eigenvalue weighted by Gasteiger charge is 2.32. The van der Waals surface area contributed by atoms with Crippen molar-refractivity contribution >= 4 is 17.3 Å². The van der Waals surface area contributed by atoms with Crippen LogP contribution in [-0.2, 0) is 4.79 Å². The fraction of sp³-hybridized carbons (Fsp3) is 0.667. The Morgan fingerprint density at radius 1 is 1.59 bits per heavy atom. The second-order valence-corrected chi connectivity index (χ2v) is 6.08. The van der Waals surface area contributed by atoms with Gasteiger partial charge in [-0.2, -0.15) is 0 Å². The van der Waals surface area contributed by atoms with Crippen LogP contribution in [0.3, 0.4) is 0 Å². The van der Waals surface area contributed by atoms with Gasteiger partial charge in [-0.15, -0.1) is 11.3 Å². The molecule has 1 saturated heterocycles. The molecule has 2 unspecified atom stereocenters. The molecule has 0 bridgehead atoms. The van der Waals surface area contributed by atoms with Gasteiger partial charge in [-0.25, -0.2) is 4.98 Å². The number of thiazole rings is 1. The summed E-state index contributed by atoms with van der Waals surface area (Å²) in [4.78, 5) is 19.0. The molecule has 4 nitrogen and oxygen atoms in total. The fourth-order valence-corrected chi connectivity index (χ4v) is 3.35. The zero-order valence-electron chi connectivity index (χ0n) is 10.4. The maximum absolute atomic E-state index is 10.9. The molecule has 1 aliphatic rings. The quantitative estimate of drug-likeness (QED) is 0.898. The van der Waals surface area contributed by atoms with E-state index in [0.29, 0.717) is 6.54 Å². The van der Waals surface area contributed by atoms with Crippen molar-refractivity contribution in [3.05, 3.63) is 15.6 Å². The maximum atomic E-state index is 10.9. The number of aromatic nitrogens is 1. The first-order valence-corrected chi connectivity index (χ1v) is 6.71. The van der Waals surface area contributed by atoms with E-state index in [0.717, 1.165) is 23.7 Å². The predicted octanol–water partition coefficient (Wildman–Crippen LogP) is 2.23. The van der Waals surface area contributed by atoms with E-state index in [2.05, 4.69) is 23.7 Å². The van der Waals surface area contributed by atoms with Gasteiger partial charge in [0.05, 0.1) is 22.7 Å². The molecule has 0 radical (unpaired) electrons. The molecule has 2 rings (SSSR count). The second-order valence-electron chi connectivity index (χ2n) is 4.67. The molecule has 2 heterocycles. The number of hydrogen-bond acceptors (Lipinski definition) is 4. The normalized spacial score (nSPS) is 22.9. The Kier molecular flexibility index (Phi) is 3.49. The van der Waals surface area contributed by atoms with E-state index >= 15 is 0 Å². The van der Waals surface area contributed by atoms with Crippen LogP contribution in [0, 0.1) is 19.8 Å². The highest BCUT2D eigenvalue weighted by atomic mass is 32.1. The van der Waals surface area contributed by atoms with Crippen LogP contribution in [0.4, 0.5) is 0 Å². The highest BCUT2D eigenvalue weighted by Crippen LogP contribution is 2.30. The Hall–Kier alpha value is -0.940. The lowest BCUT2D eigenvalue weighted by Gasteiger charge is -2.23. The van der Waals surface area contributed by atoms with E-state index in [4.69, 9.17) is 5.11 Å². The van der Waals surface area contributed by atoms with Gasteiger partial charge in [0.15, 0.2) is 0 Å². The number of carboxylic acids is 1. The summed E-state index contributed by atoms with van der Waals surface area (Å²) in [6, 6.07) is 0.226. The average Bonchev–Trinajstić information content (AvgIpc) is 2.84. The summed E-state index contributed by atoms with van der Waals surface area (Å²) in [7, 11) is 0. The number of carboxylic acid groups (broad SMARTS) is 1. The topological polar surface area (TPSA) is 53.4 Å². The third-order valence-electron chi connectivity index (χ3n) is 3.45. The van der Waals surface area contributed by atoms with Gasteiger partial charge < -0.3 is 5.11 Å². The molecule has 1 aliphatic heterocycles. The van der Waals surface area contributed by atoms with Gasteiger partial charge in [0.1, 0.15) is 0 Å². The number of carbonyl (C=O) groups is 1. The molecule has 2 atom stereocenters. The molecule has 1 aromatic heterocycles. The van der Waals surface area contributed by atoms with E-state index in [1.807, 2.05) is 6.92 Å². The summed E-state index contributed by atoms with van der Waals surface area (Å²) < 4.78 is 0. The van der Waals surface area contributed by atoms with Crippen molar-refractivity contribution in [1.82, 2.24) is 9.88 Å². The summed E-state index contributed by atoms with van der Waals surface area (Å²) in [6.07, 6.45) is 0.752. The molecule has 0 spiro atoms. The molecule has 1 aromatic rings. The minimum absolute atomic E-state index is 0.211. The Labute approximate surface area is 105 Å². The summed E-state index contributed by atoms with van der Waals surface area (Å²) in [5.41, 5.74) is 1.11. The lowest BCUT2D eigenvalue weighted by Crippen LogP contribution is -2.26. The molecule has 5 heteroatoms. The Morgan fingerprint density at radius 2 is 2.29 bits per heavy atom. The zero-order chi connectivity index (χ0) is 12.6. The SMILES string of the molecule is Cc1nc(C(C)N2CCC(C(=O)O)C2)c(C)s1. The largest absolute Gasteiger partial charge is 0.481 e. The molecule has 0 amide bonds. The first-order chi connectivity index (χ1) is 7.99. The van der Waals surface area contributed by atoms with Gasteiger partial charge >= 0.3 is 5.97 Å². The molecule has 1 fully saturated rings. The van der Waals surface area contributed by atoms with Crippen LogP contribution in [0.5, 0.6) is 0 Å². The molecular formula is C12H18N2O2S. The van der Waals surface area contributed by atoms with Gasteiger partial charge in [-0.3, -0.25) is 9.69 Å². The fourth-order valence-electron chi connectivity index (χ4n) is 2.45. The second kappa shape index (κ2) is 4.74. The standard InChI is InChI=1S/C12H18N2O2S/c1-7(11-8(2)17-9(3)13-11)14-5-4-10(6-14)12(15)16/h7,10H,4-6H2,1-3H3,(H,15,16). The van der Waals surface area contributed by atoms with E-state index in [1.54, 1.807) is 11.3 Å². The van der Waals surface area contributed by atoms with Crippen LogP contribution in [0.2, 0.25) is 0 Å². The van der Waals surface area contributed by atoms with Gasteiger partial charge in [0.25, 0.3) is 0 Å². The minimum Gasteiger partial charge on any atom is -0.481 e. The first-order valence-electron chi connectivity index (χ1n) is 5.90. The number of likely N-dealkylation sites (tertiary alicyclic amines) is 1. The Balaban J connectivity index is 2.09. The zero-order valence-corrected chi connectivity index (χ0v) is 11.3. The van der Waals surface area contributed by atoms with Crippen molar-refractivity contribution in [2.75, 3.05) is 13.1 Å². The Bertz CT molecular complexity index is 430. The van der Waals surface area contributed by atoms with Crippen molar-refractivity contribution in [2.24, 2.45) is 5.92 Å². The summed E-state index contributed by atoms with van der Waals surface area (Å²) in [5.74, 6) is -0.886. The number of rotatable bonds is 3. The molecule has 1 N–H and O–H groups in total. The van der Waals surface area contributed by atoms with Gasteiger partial charge in [-0.05, 0) is 33.7 Å². The summed E-state index contributed by atoms with van der Waals surface area (Å²) >= 11 is 1.71. The van der Waals surface area contributed by atoms with Crippen LogP contribution < -0.4 is 0 Å². The predicted molar refractivity (Wildman–Crippen MR) is 67.3 cm³/mol. The maximum Gasteiger partial charge on any atom is 0.307 e. The van der Waals surface area contributed by atoms with Gasteiger partial charge in [-0.1, -0.05) is 0 Å². The van der Waals surface area contributed by atoms with Crippen molar-refractivity contribution in [3.8, 4) is 0 Å². The molecule has 0 aromatic carbocycles. The van der Waals surface area contributed by atoms with Crippen molar-refractivity contribution in [3.63, 3.8) is 0 Å². The lowest BCUT2D eigenvalue weighted by atomic mass is 10.1. The highest BCUT2D eigenvalue weighted by molar-refractivity contribution is 7.11. The minimum atomic E-state index is -0.675. The molecule has 0 saturated carbocycles. The number of nitrogens with zero attached hydrogens (tertiary/aromatic N) is 2. The van der Waals surface area contributed by atoms with Crippen molar-refractivity contribution in [1.29, 1.82) is 0 Å². The number of aliphatic carboxylic acids is 1. The third kappa shape index (κ3) is 2.50. The van der Waals surface area contributed by atoms with Crippen molar-refractivity contribution < 1.29 is 9.90 Å². The van der Waals surface area contributed by atoms with E-state index < -0.39 is 5.97 Å². The van der Waals surface area contributed by atoms with Crippen LogP contribution in [0.1, 0.15) is 35.0 Å². The third-order valence-corrected chi connectivity index (χ3v) is 4.35. The smallest absolute Gasteiger partial charge is 0.307 e. The van der Waals surface area contributed by atoms with E-state index in [9.17, 15) is 4.79 Å². The number of aryl methyl sites for hydroxylation is 2. The van der Waals surface area contributed by atoms with Crippen LogP contribution in [-0.4, -0.2) is 34.0 Å². The molecule has 0 aliphatic carbocycles. The Morgan fingerprint density at radius 3 is 2.76 bits per heavy atom. The summed E-state index contributed by atoms with van der Waals surface area (Å²) in [6.45, 7) is 7.71. The first kappa shape index (κ1) is 12.5. The van der Waals surface area contributed by atoms with Gasteiger partial charge in [0.2, 0.25) is 0 Å². The van der Waals surface area contributed by atoms with Crippen LogP contribution in [0.25, 0.3) is 0 Å². The molecule has 17 heavy (non-hydrogen) atoms. The molecular weight excluding hydrogens is 236 g/mol. The van der Waals surface area contributed by atoms with E-state index in [-0.39, 0.29) is 12.0 Å². The van der Waals surface area contributed by atoms with Gasteiger partial charge in [0, 0.05) is 11.4 Å². The van der Waals surface area contributed by atoms with E-state index in [1.165, 1.54) is 4.88 Å². The van der Waals surface area contributed by atoms with Crippen LogP contribution in [0.15, 0.2) is 0 Å². The van der Waals surface area contributed by atoms with Crippen LogP contribution >= 0.6 is 11.3 Å². The average molecular weight is 254 g/mol. The lowest BCUT2D eigenvalue weighted by molar-refractivity contribution is -0.141. The monoisotopic (exact) mass is 254 g/mol. The molecule has 94 valence electrons. The summed E-state index contributed by atoms with van der Waals surface area (Å²) in [5, 5.41) is 10.1. The van der Waals surface area contributed by atoms with Crippen molar-refractivity contribution in [2.45, 2.75) is 33.2 Å².